The van der Waals surface area contributed by atoms with Crippen LogP contribution in [0.5, 0.6) is 5.75 Å². The number of hydrogen-bond acceptors (Lipinski definition) is 3. The lowest BCUT2D eigenvalue weighted by atomic mass is 10.0. The summed E-state index contributed by atoms with van der Waals surface area (Å²) >= 11 is 1.96. The topological polar surface area (TPSA) is 12.5 Å². The summed E-state index contributed by atoms with van der Waals surface area (Å²) in [5, 5.41) is 0. The molecular weight excluding hydrogens is 254 g/mol. The molecule has 1 atom stereocenters. The van der Waals surface area contributed by atoms with Crippen LogP contribution in [-0.4, -0.2) is 36.9 Å². The van der Waals surface area contributed by atoms with Crippen molar-refractivity contribution >= 4 is 11.8 Å². The number of rotatable bonds is 6. The molecular formula is C16H25NOS. The molecule has 106 valence electrons. The van der Waals surface area contributed by atoms with Gasteiger partial charge in [0.1, 0.15) is 5.75 Å². The Morgan fingerprint density at radius 3 is 2.63 bits per heavy atom. The lowest BCUT2D eigenvalue weighted by Crippen LogP contribution is -2.41. The van der Waals surface area contributed by atoms with Crippen LogP contribution in [0.15, 0.2) is 23.1 Å². The van der Waals surface area contributed by atoms with Crippen LogP contribution in [0.2, 0.25) is 0 Å². The molecule has 0 aliphatic carbocycles. The van der Waals surface area contributed by atoms with E-state index in [1.54, 1.807) is 7.11 Å². The van der Waals surface area contributed by atoms with Gasteiger partial charge in [-0.15, -0.1) is 11.8 Å². The van der Waals surface area contributed by atoms with Gasteiger partial charge in [-0.3, -0.25) is 4.90 Å². The quantitative estimate of drug-likeness (QED) is 0.785. The highest BCUT2D eigenvalue weighted by atomic mass is 32.2. The van der Waals surface area contributed by atoms with E-state index in [0.29, 0.717) is 6.04 Å². The van der Waals surface area contributed by atoms with Crippen molar-refractivity contribution in [2.24, 2.45) is 0 Å². The van der Waals surface area contributed by atoms with Gasteiger partial charge in [-0.05, 0) is 44.0 Å². The monoisotopic (exact) mass is 279 g/mol. The highest BCUT2D eigenvalue weighted by molar-refractivity contribution is 7.99. The van der Waals surface area contributed by atoms with E-state index in [-0.39, 0.29) is 0 Å². The average Bonchev–Trinajstić information content (AvgIpc) is 2.45. The molecule has 0 radical (unpaired) electrons. The Kier molecular flexibility index (Phi) is 5.59. The van der Waals surface area contributed by atoms with Gasteiger partial charge in [-0.25, -0.2) is 0 Å². The summed E-state index contributed by atoms with van der Waals surface area (Å²) in [5.74, 6) is 2.23. The summed E-state index contributed by atoms with van der Waals surface area (Å²) in [7, 11) is 1.77. The smallest absolute Gasteiger partial charge is 0.132 e. The molecule has 0 aromatic heterocycles. The van der Waals surface area contributed by atoms with E-state index in [0.717, 1.165) is 5.75 Å². The molecule has 1 unspecified atom stereocenters. The summed E-state index contributed by atoms with van der Waals surface area (Å²) in [6, 6.07) is 7.13. The Morgan fingerprint density at radius 1 is 1.26 bits per heavy atom. The van der Waals surface area contributed by atoms with Gasteiger partial charge in [0.15, 0.2) is 0 Å². The van der Waals surface area contributed by atoms with E-state index in [2.05, 4.69) is 36.9 Å². The van der Waals surface area contributed by atoms with Crippen molar-refractivity contribution < 1.29 is 4.74 Å². The van der Waals surface area contributed by atoms with E-state index < -0.39 is 0 Å². The molecule has 1 heterocycles. The van der Waals surface area contributed by atoms with Crippen LogP contribution >= 0.6 is 11.8 Å². The Balaban J connectivity index is 2.12. The van der Waals surface area contributed by atoms with Crippen LogP contribution in [0.25, 0.3) is 0 Å². The highest BCUT2D eigenvalue weighted by Crippen LogP contribution is 2.38. The fraction of sp³-hybridized carbons (Fsp3) is 0.625. The van der Waals surface area contributed by atoms with Crippen molar-refractivity contribution in [1.29, 1.82) is 0 Å². The molecule has 1 aromatic carbocycles. The van der Waals surface area contributed by atoms with Crippen LogP contribution in [0.3, 0.4) is 0 Å². The Hall–Kier alpha value is -0.670. The SMILES string of the molecule is CCCN(CCC)C1CSc2c(cccc2OC)C1. The molecule has 0 fully saturated rings. The average molecular weight is 279 g/mol. The molecule has 0 saturated heterocycles. The van der Waals surface area contributed by atoms with Gasteiger partial charge < -0.3 is 4.74 Å². The van der Waals surface area contributed by atoms with Crippen molar-refractivity contribution in [3.8, 4) is 5.75 Å². The number of ether oxygens (including phenoxy) is 1. The van der Waals surface area contributed by atoms with Crippen LogP contribution in [0.1, 0.15) is 32.3 Å². The largest absolute Gasteiger partial charge is 0.496 e. The molecule has 1 aromatic rings. The summed E-state index contributed by atoms with van der Waals surface area (Å²) in [4.78, 5) is 4.02. The third-order valence-corrected chi connectivity index (χ3v) is 5.00. The second-order valence-corrected chi connectivity index (χ2v) is 6.18. The summed E-state index contributed by atoms with van der Waals surface area (Å²) in [6.07, 6.45) is 3.65. The van der Waals surface area contributed by atoms with Gasteiger partial charge in [-0.1, -0.05) is 26.0 Å². The van der Waals surface area contributed by atoms with Crippen LogP contribution in [0, 0.1) is 0 Å². The maximum absolute atomic E-state index is 5.47. The van der Waals surface area contributed by atoms with Crippen molar-refractivity contribution in [2.75, 3.05) is 26.0 Å². The lowest BCUT2D eigenvalue weighted by molar-refractivity contribution is 0.209. The minimum Gasteiger partial charge on any atom is -0.496 e. The fourth-order valence-corrected chi connectivity index (χ4v) is 4.14. The molecule has 3 heteroatoms. The van der Waals surface area contributed by atoms with Gasteiger partial charge in [0.2, 0.25) is 0 Å². The van der Waals surface area contributed by atoms with Gasteiger partial charge in [0.05, 0.1) is 12.0 Å². The number of benzene rings is 1. The normalized spacial score (nSPS) is 18.4. The first-order valence-corrected chi connectivity index (χ1v) is 8.31. The molecule has 0 spiro atoms. The zero-order valence-corrected chi connectivity index (χ0v) is 13.1. The van der Waals surface area contributed by atoms with Crippen LogP contribution < -0.4 is 4.74 Å². The van der Waals surface area contributed by atoms with Crippen LogP contribution in [0.4, 0.5) is 0 Å². The van der Waals surface area contributed by atoms with Crippen molar-refractivity contribution in [3.05, 3.63) is 23.8 Å². The predicted molar refractivity (Wildman–Crippen MR) is 83.4 cm³/mol. The Bertz CT molecular complexity index is 402. The van der Waals surface area contributed by atoms with Gasteiger partial charge >= 0.3 is 0 Å². The van der Waals surface area contributed by atoms with Gasteiger partial charge in [0.25, 0.3) is 0 Å². The minimum absolute atomic E-state index is 0.685. The highest BCUT2D eigenvalue weighted by Gasteiger charge is 2.25. The second kappa shape index (κ2) is 7.20. The first-order valence-electron chi connectivity index (χ1n) is 7.32. The molecule has 19 heavy (non-hydrogen) atoms. The van der Waals surface area contributed by atoms with Gasteiger partial charge in [-0.2, -0.15) is 0 Å². The van der Waals surface area contributed by atoms with Crippen molar-refractivity contribution in [3.63, 3.8) is 0 Å². The number of nitrogens with zero attached hydrogens (tertiary/aromatic N) is 1. The number of hydrogen-bond donors (Lipinski definition) is 0. The van der Waals surface area contributed by atoms with Crippen molar-refractivity contribution in [1.82, 2.24) is 4.90 Å². The Labute approximate surface area is 121 Å². The number of thioether (sulfide) groups is 1. The van der Waals surface area contributed by atoms with E-state index in [4.69, 9.17) is 4.74 Å². The van der Waals surface area contributed by atoms with E-state index >= 15 is 0 Å². The zero-order valence-electron chi connectivity index (χ0n) is 12.3. The summed E-state index contributed by atoms with van der Waals surface area (Å²) in [6.45, 7) is 6.99. The number of methoxy groups -OCH3 is 1. The molecule has 0 bridgehead atoms. The lowest BCUT2D eigenvalue weighted by Gasteiger charge is -2.35. The summed E-state index contributed by atoms with van der Waals surface area (Å²) in [5.41, 5.74) is 1.46. The maximum atomic E-state index is 5.47. The third-order valence-electron chi connectivity index (χ3n) is 3.69. The Morgan fingerprint density at radius 2 is 2.00 bits per heavy atom. The maximum Gasteiger partial charge on any atom is 0.132 e. The van der Waals surface area contributed by atoms with Gasteiger partial charge in [0, 0.05) is 11.8 Å². The van der Waals surface area contributed by atoms with Crippen LogP contribution in [-0.2, 0) is 6.42 Å². The molecule has 2 rings (SSSR count). The minimum atomic E-state index is 0.685. The number of fused-ring (bicyclic) bond motifs is 1. The molecule has 1 aliphatic heterocycles. The van der Waals surface area contributed by atoms with E-state index in [1.807, 2.05) is 11.8 Å². The van der Waals surface area contributed by atoms with E-state index in [1.165, 1.54) is 48.6 Å². The molecule has 0 N–H and O–H groups in total. The standard InChI is InChI=1S/C16H25NOS/c1-4-9-17(10-5-2)14-11-13-7-6-8-15(18-3)16(13)19-12-14/h6-8,14H,4-5,9-12H2,1-3H3. The fourth-order valence-electron chi connectivity index (χ4n) is 2.82. The van der Waals surface area contributed by atoms with Crippen molar-refractivity contribution in [2.45, 2.75) is 44.0 Å². The molecule has 2 nitrogen and oxygen atoms in total. The predicted octanol–water partition coefficient (Wildman–Crippen LogP) is 3.83. The first-order chi connectivity index (χ1) is 9.30. The third kappa shape index (κ3) is 3.46. The second-order valence-electron chi connectivity index (χ2n) is 5.15. The molecule has 0 saturated carbocycles. The summed E-state index contributed by atoms with van der Waals surface area (Å²) < 4.78 is 5.47. The van der Waals surface area contributed by atoms with E-state index in [9.17, 15) is 0 Å². The first kappa shape index (κ1) is 14.7. The molecule has 1 aliphatic rings. The molecule has 0 amide bonds. The zero-order chi connectivity index (χ0) is 13.7.